The van der Waals surface area contributed by atoms with Gasteiger partial charge in [-0.15, -0.1) is 0 Å². The van der Waals surface area contributed by atoms with Crippen LogP contribution in [0.3, 0.4) is 0 Å². The van der Waals surface area contributed by atoms with Gasteiger partial charge in [-0.25, -0.2) is 9.97 Å². The maximum absolute atomic E-state index is 5.32. The molecule has 0 radical (unpaired) electrons. The first-order valence-corrected chi connectivity index (χ1v) is 5.97. The van der Waals surface area contributed by atoms with Crippen LogP contribution < -0.4 is 10.1 Å². The highest BCUT2D eigenvalue weighted by atomic mass is 16.5. The number of aryl methyl sites for hydroxylation is 1. The molecule has 0 saturated carbocycles. The number of rotatable bonds is 5. The first-order valence-electron chi connectivity index (χ1n) is 5.97. The molecule has 2 aromatic rings. The normalized spacial score (nSPS) is 12.4. The molecule has 0 saturated heterocycles. The highest BCUT2D eigenvalue weighted by molar-refractivity contribution is 5.33. The number of nitrogens with one attached hydrogen (secondary N) is 1. The molecule has 0 spiro atoms. The van der Waals surface area contributed by atoms with E-state index in [4.69, 9.17) is 4.74 Å². The first kappa shape index (κ1) is 12.6. The van der Waals surface area contributed by atoms with Crippen LogP contribution >= 0.6 is 0 Å². The number of methoxy groups -OCH3 is 1. The fraction of sp³-hybridized carbons (Fsp3) is 0.385. The minimum absolute atomic E-state index is 0.0151. The second kappa shape index (κ2) is 5.64. The summed E-state index contributed by atoms with van der Waals surface area (Å²) in [4.78, 5) is 8.64. The van der Waals surface area contributed by atoms with Crippen molar-refractivity contribution in [2.24, 2.45) is 7.05 Å². The molecule has 0 aliphatic heterocycles. The lowest BCUT2D eigenvalue weighted by Gasteiger charge is -2.19. The SMILES string of the molecule is CCNC(c1cccnc1OC)c1nccn1C. The molecule has 5 nitrogen and oxygen atoms in total. The van der Waals surface area contributed by atoms with Crippen LogP contribution in [0, 0.1) is 0 Å². The summed E-state index contributed by atoms with van der Waals surface area (Å²) in [6.45, 7) is 2.91. The Morgan fingerprint density at radius 2 is 2.22 bits per heavy atom. The average Bonchev–Trinajstić information content (AvgIpc) is 2.82. The van der Waals surface area contributed by atoms with Crippen LogP contribution in [-0.4, -0.2) is 28.2 Å². The minimum Gasteiger partial charge on any atom is -0.481 e. The Kier molecular flexibility index (Phi) is 3.94. The predicted octanol–water partition coefficient (Wildman–Crippen LogP) is 1.52. The quantitative estimate of drug-likeness (QED) is 0.869. The van der Waals surface area contributed by atoms with E-state index in [0.29, 0.717) is 5.88 Å². The molecule has 2 heterocycles. The van der Waals surface area contributed by atoms with Gasteiger partial charge >= 0.3 is 0 Å². The fourth-order valence-electron chi connectivity index (χ4n) is 1.99. The van der Waals surface area contributed by atoms with E-state index in [-0.39, 0.29) is 6.04 Å². The van der Waals surface area contributed by atoms with Gasteiger partial charge in [-0.1, -0.05) is 13.0 Å². The van der Waals surface area contributed by atoms with E-state index < -0.39 is 0 Å². The minimum atomic E-state index is -0.0151. The predicted molar refractivity (Wildman–Crippen MR) is 69.5 cm³/mol. The molecule has 0 aliphatic carbocycles. The summed E-state index contributed by atoms with van der Waals surface area (Å²) in [6.07, 6.45) is 5.45. The Morgan fingerprint density at radius 3 is 2.83 bits per heavy atom. The summed E-state index contributed by atoms with van der Waals surface area (Å²) in [7, 11) is 3.61. The number of imidazole rings is 1. The highest BCUT2D eigenvalue weighted by Gasteiger charge is 2.21. The number of ether oxygens (including phenoxy) is 1. The van der Waals surface area contributed by atoms with Crippen molar-refractivity contribution in [1.82, 2.24) is 19.9 Å². The van der Waals surface area contributed by atoms with Gasteiger partial charge in [-0.2, -0.15) is 0 Å². The Labute approximate surface area is 107 Å². The fourth-order valence-corrected chi connectivity index (χ4v) is 1.99. The summed E-state index contributed by atoms with van der Waals surface area (Å²) in [5.74, 6) is 1.58. The Bertz CT molecular complexity index is 509. The van der Waals surface area contributed by atoms with Crippen molar-refractivity contribution in [2.75, 3.05) is 13.7 Å². The van der Waals surface area contributed by atoms with Crippen LogP contribution in [0.5, 0.6) is 5.88 Å². The zero-order valence-corrected chi connectivity index (χ0v) is 10.9. The molecule has 2 aromatic heterocycles. The van der Waals surface area contributed by atoms with Crippen LogP contribution in [-0.2, 0) is 7.05 Å². The van der Waals surface area contributed by atoms with Crippen molar-refractivity contribution in [2.45, 2.75) is 13.0 Å². The zero-order valence-electron chi connectivity index (χ0n) is 10.9. The standard InChI is InChI=1S/C13H18N4O/c1-4-14-11(12-15-8-9-17(12)2)10-6-5-7-16-13(10)18-3/h5-9,11,14H,4H2,1-3H3. The summed E-state index contributed by atoms with van der Waals surface area (Å²) < 4.78 is 7.32. The molecule has 18 heavy (non-hydrogen) atoms. The number of nitrogens with zero attached hydrogens (tertiary/aromatic N) is 3. The van der Waals surface area contributed by atoms with Crippen molar-refractivity contribution >= 4 is 0 Å². The third-order valence-electron chi connectivity index (χ3n) is 2.83. The number of hydrogen-bond donors (Lipinski definition) is 1. The van der Waals surface area contributed by atoms with E-state index in [2.05, 4.69) is 22.2 Å². The summed E-state index contributed by atoms with van der Waals surface area (Å²) >= 11 is 0. The molecule has 1 atom stereocenters. The molecule has 0 bridgehead atoms. The van der Waals surface area contributed by atoms with Crippen LogP contribution in [0.2, 0.25) is 0 Å². The number of pyridine rings is 1. The lowest BCUT2D eigenvalue weighted by Crippen LogP contribution is -2.25. The molecule has 0 aromatic carbocycles. The summed E-state index contributed by atoms with van der Waals surface area (Å²) in [5.41, 5.74) is 0.996. The molecule has 5 heteroatoms. The first-order chi connectivity index (χ1) is 8.77. The van der Waals surface area contributed by atoms with E-state index in [1.807, 2.05) is 29.9 Å². The Hall–Kier alpha value is -1.88. The van der Waals surface area contributed by atoms with Gasteiger partial charge in [0.25, 0.3) is 0 Å². The van der Waals surface area contributed by atoms with Crippen LogP contribution in [0.15, 0.2) is 30.7 Å². The van der Waals surface area contributed by atoms with Crippen molar-refractivity contribution in [3.8, 4) is 5.88 Å². The van der Waals surface area contributed by atoms with E-state index in [9.17, 15) is 0 Å². The Balaban J connectivity index is 2.45. The van der Waals surface area contributed by atoms with Gasteiger partial charge in [0.1, 0.15) is 5.82 Å². The molecule has 1 unspecified atom stereocenters. The molecule has 0 aliphatic rings. The lowest BCUT2D eigenvalue weighted by atomic mass is 10.1. The maximum Gasteiger partial charge on any atom is 0.218 e. The van der Waals surface area contributed by atoms with Crippen molar-refractivity contribution < 1.29 is 4.74 Å². The van der Waals surface area contributed by atoms with E-state index in [1.54, 1.807) is 19.5 Å². The molecule has 2 rings (SSSR count). The third kappa shape index (κ3) is 2.36. The lowest BCUT2D eigenvalue weighted by molar-refractivity contribution is 0.385. The van der Waals surface area contributed by atoms with Crippen molar-refractivity contribution in [3.05, 3.63) is 42.1 Å². The third-order valence-corrected chi connectivity index (χ3v) is 2.83. The van der Waals surface area contributed by atoms with Crippen LogP contribution in [0.4, 0.5) is 0 Å². The zero-order chi connectivity index (χ0) is 13.0. The highest BCUT2D eigenvalue weighted by Crippen LogP contribution is 2.26. The molecule has 1 N–H and O–H groups in total. The van der Waals surface area contributed by atoms with Crippen molar-refractivity contribution in [1.29, 1.82) is 0 Å². The van der Waals surface area contributed by atoms with Gasteiger partial charge in [0.05, 0.1) is 13.2 Å². The average molecular weight is 246 g/mol. The number of hydrogen-bond acceptors (Lipinski definition) is 4. The molecule has 96 valence electrons. The van der Waals surface area contributed by atoms with Crippen molar-refractivity contribution in [3.63, 3.8) is 0 Å². The van der Waals surface area contributed by atoms with Gasteiger partial charge in [0.15, 0.2) is 0 Å². The van der Waals surface area contributed by atoms with E-state index >= 15 is 0 Å². The Morgan fingerprint density at radius 1 is 1.39 bits per heavy atom. The van der Waals surface area contributed by atoms with Crippen LogP contribution in [0.25, 0.3) is 0 Å². The van der Waals surface area contributed by atoms with Gasteiger partial charge in [0, 0.05) is 31.2 Å². The largest absolute Gasteiger partial charge is 0.481 e. The van der Waals surface area contributed by atoms with E-state index in [0.717, 1.165) is 17.9 Å². The molecule has 0 fully saturated rings. The number of aromatic nitrogens is 3. The molecular formula is C13H18N4O. The molecule has 0 amide bonds. The smallest absolute Gasteiger partial charge is 0.218 e. The topological polar surface area (TPSA) is 52.0 Å². The van der Waals surface area contributed by atoms with Gasteiger partial charge in [0.2, 0.25) is 5.88 Å². The second-order valence-electron chi connectivity index (χ2n) is 3.99. The van der Waals surface area contributed by atoms with Gasteiger partial charge in [-0.3, -0.25) is 0 Å². The second-order valence-corrected chi connectivity index (χ2v) is 3.99. The van der Waals surface area contributed by atoms with Gasteiger partial charge in [-0.05, 0) is 12.6 Å². The summed E-state index contributed by atoms with van der Waals surface area (Å²) in [5, 5.41) is 3.41. The van der Waals surface area contributed by atoms with E-state index in [1.165, 1.54) is 0 Å². The van der Waals surface area contributed by atoms with Crippen LogP contribution in [0.1, 0.15) is 24.4 Å². The monoisotopic (exact) mass is 246 g/mol. The van der Waals surface area contributed by atoms with Gasteiger partial charge < -0.3 is 14.6 Å². The maximum atomic E-state index is 5.32. The summed E-state index contributed by atoms with van der Waals surface area (Å²) in [6, 6.07) is 3.90. The molecular weight excluding hydrogens is 228 g/mol.